The van der Waals surface area contributed by atoms with Crippen LogP contribution in [0.4, 0.5) is 0 Å². The summed E-state index contributed by atoms with van der Waals surface area (Å²) in [5.74, 6) is -0.652. The number of hydrogen-bond donors (Lipinski definition) is 2. The number of nitrogens with zero attached hydrogens (tertiary/aromatic N) is 1. The summed E-state index contributed by atoms with van der Waals surface area (Å²) in [5, 5.41) is 18.5. The van der Waals surface area contributed by atoms with Gasteiger partial charge in [0.1, 0.15) is 5.75 Å². The zero-order chi connectivity index (χ0) is 13.9. The molecule has 0 spiro atoms. The zero-order valence-corrected chi connectivity index (χ0v) is 11.3. The van der Waals surface area contributed by atoms with E-state index in [2.05, 4.69) is 0 Å². The second-order valence-corrected chi connectivity index (χ2v) is 5.46. The van der Waals surface area contributed by atoms with E-state index in [1.54, 1.807) is 18.2 Å². The molecule has 0 aromatic heterocycles. The number of aliphatic carboxylic acids is 1. The molecule has 0 aliphatic rings. The molecule has 0 heterocycles. The fraction of sp³-hybridized carbons (Fsp3) is 0.500. The molecule has 2 N–H and O–H groups in total. The van der Waals surface area contributed by atoms with Crippen molar-refractivity contribution in [3.8, 4) is 5.75 Å². The predicted molar refractivity (Wildman–Crippen MR) is 70.6 cm³/mol. The number of phenols is 1. The molecule has 18 heavy (non-hydrogen) atoms. The number of phenolic OH excluding ortho intramolecular Hbond substituents is 1. The van der Waals surface area contributed by atoms with Crippen LogP contribution in [0.1, 0.15) is 39.3 Å². The Labute approximate surface area is 108 Å². The molecule has 0 aliphatic carbocycles. The van der Waals surface area contributed by atoms with E-state index in [-0.39, 0.29) is 23.9 Å². The fourth-order valence-corrected chi connectivity index (χ4v) is 2.07. The molecule has 0 saturated heterocycles. The van der Waals surface area contributed by atoms with Crippen LogP contribution in [-0.4, -0.2) is 33.2 Å². The predicted octanol–water partition coefficient (Wildman–Crippen LogP) is 2.64. The molecule has 1 unspecified atom stereocenters. The van der Waals surface area contributed by atoms with Crippen molar-refractivity contribution in [2.45, 2.75) is 39.3 Å². The van der Waals surface area contributed by atoms with Gasteiger partial charge in [-0.05, 0) is 45.4 Å². The van der Waals surface area contributed by atoms with Gasteiger partial charge in [0.15, 0.2) is 0 Å². The SMILES string of the molecule is CC(c1cccc(O)c1)N(CC(=O)O)C(C)(C)C. The highest BCUT2D eigenvalue weighted by molar-refractivity contribution is 5.69. The van der Waals surface area contributed by atoms with Crippen LogP contribution in [0, 0.1) is 0 Å². The molecular weight excluding hydrogens is 230 g/mol. The van der Waals surface area contributed by atoms with Gasteiger partial charge < -0.3 is 10.2 Å². The minimum atomic E-state index is -0.850. The van der Waals surface area contributed by atoms with Crippen LogP contribution in [0.5, 0.6) is 5.75 Å². The van der Waals surface area contributed by atoms with Crippen LogP contribution < -0.4 is 0 Å². The third kappa shape index (κ3) is 3.74. The number of rotatable bonds is 4. The van der Waals surface area contributed by atoms with E-state index < -0.39 is 5.97 Å². The molecular formula is C14H21NO3. The van der Waals surface area contributed by atoms with E-state index in [1.807, 2.05) is 38.7 Å². The van der Waals surface area contributed by atoms with E-state index >= 15 is 0 Å². The van der Waals surface area contributed by atoms with E-state index in [1.165, 1.54) is 0 Å². The molecule has 4 heteroatoms. The van der Waals surface area contributed by atoms with Crippen LogP contribution in [0.2, 0.25) is 0 Å². The van der Waals surface area contributed by atoms with Gasteiger partial charge in [0, 0.05) is 11.6 Å². The Morgan fingerprint density at radius 2 is 2.00 bits per heavy atom. The van der Waals surface area contributed by atoms with Gasteiger partial charge in [0.05, 0.1) is 6.54 Å². The molecule has 0 amide bonds. The largest absolute Gasteiger partial charge is 0.508 e. The molecule has 0 bridgehead atoms. The van der Waals surface area contributed by atoms with Crippen LogP contribution in [0.15, 0.2) is 24.3 Å². The van der Waals surface area contributed by atoms with E-state index in [4.69, 9.17) is 5.11 Å². The molecule has 1 aromatic rings. The molecule has 0 saturated carbocycles. The van der Waals surface area contributed by atoms with Crippen LogP contribution in [0.3, 0.4) is 0 Å². The number of hydrogen-bond acceptors (Lipinski definition) is 3. The first-order chi connectivity index (χ1) is 8.21. The standard InChI is InChI=1S/C14H21NO3/c1-10(11-6-5-7-12(16)8-11)15(9-13(17)18)14(2,3)4/h5-8,10,16H,9H2,1-4H3,(H,17,18). The van der Waals surface area contributed by atoms with Gasteiger partial charge in [0.2, 0.25) is 0 Å². The summed E-state index contributed by atoms with van der Waals surface area (Å²) in [6, 6.07) is 6.86. The van der Waals surface area contributed by atoms with Gasteiger partial charge in [0.25, 0.3) is 0 Å². The number of carboxylic acid groups (broad SMARTS) is 1. The van der Waals surface area contributed by atoms with E-state index in [0.717, 1.165) is 5.56 Å². The highest BCUT2D eigenvalue weighted by atomic mass is 16.4. The van der Waals surface area contributed by atoms with Crippen molar-refractivity contribution < 1.29 is 15.0 Å². The van der Waals surface area contributed by atoms with Crippen molar-refractivity contribution in [1.82, 2.24) is 4.90 Å². The Bertz CT molecular complexity index is 423. The summed E-state index contributed by atoms with van der Waals surface area (Å²) in [5.41, 5.74) is 0.648. The third-order valence-corrected chi connectivity index (χ3v) is 2.99. The first-order valence-electron chi connectivity index (χ1n) is 5.99. The molecule has 1 aromatic carbocycles. The summed E-state index contributed by atoms with van der Waals surface area (Å²) in [7, 11) is 0. The highest BCUT2D eigenvalue weighted by Crippen LogP contribution is 2.29. The molecule has 0 fully saturated rings. The number of benzene rings is 1. The molecule has 4 nitrogen and oxygen atoms in total. The minimum Gasteiger partial charge on any atom is -0.508 e. The van der Waals surface area contributed by atoms with E-state index in [9.17, 15) is 9.90 Å². The monoisotopic (exact) mass is 251 g/mol. The average molecular weight is 251 g/mol. The van der Waals surface area contributed by atoms with Gasteiger partial charge in [-0.2, -0.15) is 0 Å². The topological polar surface area (TPSA) is 60.8 Å². The molecule has 0 aliphatic heterocycles. The van der Waals surface area contributed by atoms with Gasteiger partial charge >= 0.3 is 5.97 Å². The van der Waals surface area contributed by atoms with Gasteiger partial charge in [-0.1, -0.05) is 12.1 Å². The van der Waals surface area contributed by atoms with Crippen molar-refractivity contribution in [2.75, 3.05) is 6.54 Å². The molecule has 100 valence electrons. The summed E-state index contributed by atoms with van der Waals surface area (Å²) < 4.78 is 0. The Kier molecular flexibility index (Phi) is 4.35. The minimum absolute atomic E-state index is 0.0275. The van der Waals surface area contributed by atoms with Gasteiger partial charge in [-0.3, -0.25) is 9.69 Å². The Morgan fingerprint density at radius 3 is 2.44 bits per heavy atom. The summed E-state index contributed by atoms with van der Waals surface area (Å²) >= 11 is 0. The Hall–Kier alpha value is -1.55. The first-order valence-corrected chi connectivity index (χ1v) is 5.99. The first kappa shape index (κ1) is 14.5. The quantitative estimate of drug-likeness (QED) is 0.863. The van der Waals surface area contributed by atoms with Crippen molar-refractivity contribution in [2.24, 2.45) is 0 Å². The smallest absolute Gasteiger partial charge is 0.317 e. The summed E-state index contributed by atoms with van der Waals surface area (Å²) in [6.45, 7) is 7.86. The maximum absolute atomic E-state index is 11.0. The summed E-state index contributed by atoms with van der Waals surface area (Å²) in [6.07, 6.45) is 0. The van der Waals surface area contributed by atoms with Crippen molar-refractivity contribution in [3.05, 3.63) is 29.8 Å². The number of aromatic hydroxyl groups is 1. The van der Waals surface area contributed by atoms with Crippen molar-refractivity contribution >= 4 is 5.97 Å². The normalized spacial score (nSPS) is 13.6. The fourth-order valence-electron chi connectivity index (χ4n) is 2.07. The van der Waals surface area contributed by atoms with Crippen molar-refractivity contribution in [1.29, 1.82) is 0 Å². The molecule has 1 atom stereocenters. The Morgan fingerprint density at radius 1 is 1.39 bits per heavy atom. The van der Waals surface area contributed by atoms with Crippen LogP contribution in [-0.2, 0) is 4.79 Å². The molecule has 1 rings (SSSR count). The Balaban J connectivity index is 3.02. The third-order valence-electron chi connectivity index (χ3n) is 2.99. The van der Waals surface area contributed by atoms with Crippen LogP contribution in [0.25, 0.3) is 0 Å². The maximum Gasteiger partial charge on any atom is 0.317 e. The van der Waals surface area contributed by atoms with Crippen LogP contribution >= 0.6 is 0 Å². The second kappa shape index (κ2) is 5.40. The van der Waals surface area contributed by atoms with Gasteiger partial charge in [-0.25, -0.2) is 0 Å². The second-order valence-electron chi connectivity index (χ2n) is 5.46. The lowest BCUT2D eigenvalue weighted by Gasteiger charge is -2.39. The molecule has 0 radical (unpaired) electrons. The lowest BCUT2D eigenvalue weighted by atomic mass is 9.98. The van der Waals surface area contributed by atoms with E-state index in [0.29, 0.717) is 0 Å². The average Bonchev–Trinajstić information content (AvgIpc) is 2.23. The summed E-state index contributed by atoms with van der Waals surface area (Å²) in [4.78, 5) is 12.9. The highest BCUT2D eigenvalue weighted by Gasteiger charge is 2.29. The number of carbonyl (C=O) groups is 1. The zero-order valence-electron chi connectivity index (χ0n) is 11.3. The lowest BCUT2D eigenvalue weighted by molar-refractivity contribution is -0.140. The van der Waals surface area contributed by atoms with Crippen molar-refractivity contribution in [3.63, 3.8) is 0 Å². The lowest BCUT2D eigenvalue weighted by Crippen LogP contribution is -2.45. The van der Waals surface area contributed by atoms with Gasteiger partial charge in [-0.15, -0.1) is 0 Å². The number of carboxylic acids is 1. The maximum atomic E-state index is 11.0.